The summed E-state index contributed by atoms with van der Waals surface area (Å²) in [5.41, 5.74) is 4.94. The Balaban J connectivity index is 1.48. The molecule has 2 heterocycles. The second kappa shape index (κ2) is 7.01. The molecule has 0 radical (unpaired) electrons. The quantitative estimate of drug-likeness (QED) is 0.860. The number of amides is 1. The largest absolute Gasteiger partial charge is 0.362 e. The van der Waals surface area contributed by atoms with Gasteiger partial charge in [-0.1, -0.05) is 30.3 Å². The first-order chi connectivity index (χ1) is 12.7. The first-order valence-corrected chi connectivity index (χ1v) is 8.96. The Hall–Kier alpha value is -3.13. The van der Waals surface area contributed by atoms with Crippen LogP contribution >= 0.6 is 0 Å². The van der Waals surface area contributed by atoms with Crippen molar-refractivity contribution in [2.75, 3.05) is 24.5 Å². The van der Waals surface area contributed by atoms with Crippen LogP contribution in [0.15, 0.2) is 53.6 Å². The van der Waals surface area contributed by atoms with Crippen LogP contribution in [0.2, 0.25) is 0 Å². The molecule has 5 heteroatoms. The number of rotatable bonds is 3. The molecule has 1 amide bonds. The normalized spacial score (nSPS) is 16.0. The molecule has 0 atom stereocenters. The van der Waals surface area contributed by atoms with Gasteiger partial charge in [0.05, 0.1) is 30.4 Å². The maximum Gasteiger partial charge on any atom is 0.262 e. The number of carbonyl (C=O) groups is 1. The fourth-order valence-corrected chi connectivity index (χ4v) is 3.62. The summed E-state index contributed by atoms with van der Waals surface area (Å²) in [5, 5.41) is 15.2. The Labute approximate surface area is 153 Å². The van der Waals surface area contributed by atoms with Crippen molar-refractivity contribution in [1.29, 1.82) is 5.26 Å². The van der Waals surface area contributed by atoms with Gasteiger partial charge in [0.25, 0.3) is 5.91 Å². The molecule has 0 aromatic heterocycles. The van der Waals surface area contributed by atoms with Crippen molar-refractivity contribution >= 4 is 17.3 Å². The van der Waals surface area contributed by atoms with E-state index in [4.69, 9.17) is 5.26 Å². The van der Waals surface area contributed by atoms with Gasteiger partial charge in [0.15, 0.2) is 0 Å². The second-order valence-corrected chi connectivity index (χ2v) is 6.66. The van der Waals surface area contributed by atoms with Crippen molar-refractivity contribution in [2.24, 2.45) is 5.10 Å². The van der Waals surface area contributed by atoms with Gasteiger partial charge in [0.2, 0.25) is 0 Å². The molecule has 0 saturated carbocycles. The smallest absolute Gasteiger partial charge is 0.262 e. The average Bonchev–Trinajstić information content (AvgIpc) is 3.19. The van der Waals surface area contributed by atoms with Crippen molar-refractivity contribution in [3.63, 3.8) is 0 Å². The number of nitrogens with zero attached hydrogens (tertiary/aromatic N) is 4. The van der Waals surface area contributed by atoms with Crippen LogP contribution in [0.25, 0.3) is 0 Å². The molecule has 130 valence electrons. The minimum Gasteiger partial charge on any atom is -0.362 e. The summed E-state index contributed by atoms with van der Waals surface area (Å²) in [6.45, 7) is 1.81. The fourth-order valence-electron chi connectivity index (χ4n) is 3.62. The number of benzene rings is 2. The zero-order valence-corrected chi connectivity index (χ0v) is 14.6. The summed E-state index contributed by atoms with van der Waals surface area (Å²) >= 11 is 0. The van der Waals surface area contributed by atoms with E-state index in [2.05, 4.69) is 16.1 Å². The molecule has 5 nitrogen and oxygen atoms in total. The molecule has 0 spiro atoms. The number of nitriles is 1. The van der Waals surface area contributed by atoms with Crippen molar-refractivity contribution in [2.45, 2.75) is 19.3 Å². The molecule has 0 bridgehead atoms. The number of carbonyl (C=O) groups excluding carboxylic acids is 1. The number of hydrazone groups is 1. The van der Waals surface area contributed by atoms with E-state index in [1.807, 2.05) is 48.5 Å². The van der Waals surface area contributed by atoms with E-state index in [9.17, 15) is 4.79 Å². The zero-order valence-electron chi connectivity index (χ0n) is 14.6. The van der Waals surface area contributed by atoms with E-state index in [0.717, 1.165) is 48.3 Å². The van der Waals surface area contributed by atoms with Crippen molar-refractivity contribution in [1.82, 2.24) is 5.01 Å². The molecular weight excluding hydrogens is 324 g/mol. The second-order valence-electron chi connectivity index (χ2n) is 6.66. The predicted molar refractivity (Wildman–Crippen MR) is 101 cm³/mol. The molecule has 26 heavy (non-hydrogen) atoms. The van der Waals surface area contributed by atoms with E-state index in [0.29, 0.717) is 18.7 Å². The van der Waals surface area contributed by atoms with E-state index in [-0.39, 0.29) is 5.91 Å². The maximum absolute atomic E-state index is 12.7. The van der Waals surface area contributed by atoms with Crippen molar-refractivity contribution < 1.29 is 4.79 Å². The Morgan fingerprint density at radius 3 is 2.77 bits per heavy atom. The molecule has 0 aliphatic carbocycles. The summed E-state index contributed by atoms with van der Waals surface area (Å²) in [5.74, 6) is 0.0214. The molecule has 2 aliphatic heterocycles. The summed E-state index contributed by atoms with van der Waals surface area (Å²) < 4.78 is 0. The summed E-state index contributed by atoms with van der Waals surface area (Å²) in [7, 11) is 0. The monoisotopic (exact) mass is 344 g/mol. The van der Waals surface area contributed by atoms with E-state index < -0.39 is 0 Å². The van der Waals surface area contributed by atoms with Crippen LogP contribution in [0, 0.1) is 11.3 Å². The maximum atomic E-state index is 12.7. The first kappa shape index (κ1) is 16.3. The van der Waals surface area contributed by atoms with Crippen LogP contribution in [0.3, 0.4) is 0 Å². The lowest BCUT2D eigenvalue weighted by Crippen LogP contribution is -2.39. The number of aryl methyl sites for hydroxylation is 1. The molecule has 0 N–H and O–H groups in total. The highest BCUT2D eigenvalue weighted by Gasteiger charge is 2.25. The van der Waals surface area contributed by atoms with Crippen LogP contribution in [-0.2, 0) is 11.2 Å². The van der Waals surface area contributed by atoms with Gasteiger partial charge in [0, 0.05) is 18.7 Å². The third-order valence-corrected chi connectivity index (χ3v) is 4.95. The van der Waals surface area contributed by atoms with Gasteiger partial charge >= 0.3 is 0 Å². The number of fused-ring (bicyclic) bond motifs is 1. The summed E-state index contributed by atoms with van der Waals surface area (Å²) in [4.78, 5) is 14.9. The molecule has 2 aromatic rings. The molecule has 0 saturated heterocycles. The van der Waals surface area contributed by atoms with Crippen molar-refractivity contribution in [3.8, 4) is 6.07 Å². The van der Waals surface area contributed by atoms with E-state index in [1.54, 1.807) is 5.01 Å². The molecule has 2 aromatic carbocycles. The summed E-state index contributed by atoms with van der Waals surface area (Å²) in [6.07, 6.45) is 2.74. The van der Waals surface area contributed by atoms with Gasteiger partial charge in [-0.15, -0.1) is 0 Å². The van der Waals surface area contributed by atoms with E-state index in [1.165, 1.54) is 0 Å². The topological polar surface area (TPSA) is 59.7 Å². The molecule has 4 rings (SSSR count). The van der Waals surface area contributed by atoms with Crippen molar-refractivity contribution in [3.05, 3.63) is 65.2 Å². The Morgan fingerprint density at radius 1 is 1.12 bits per heavy atom. The molecule has 0 unspecified atom stereocenters. The van der Waals surface area contributed by atoms with Crippen LogP contribution in [0.1, 0.15) is 29.5 Å². The summed E-state index contributed by atoms with van der Waals surface area (Å²) in [6, 6.07) is 17.9. The predicted octanol–water partition coefficient (Wildman–Crippen LogP) is 2.95. The first-order valence-electron chi connectivity index (χ1n) is 8.96. The van der Waals surface area contributed by atoms with Gasteiger partial charge in [-0.05, 0) is 42.2 Å². The highest BCUT2D eigenvalue weighted by molar-refractivity contribution is 6.02. The minimum atomic E-state index is 0.0214. The number of hydrogen-bond donors (Lipinski definition) is 0. The Morgan fingerprint density at radius 2 is 1.96 bits per heavy atom. The lowest BCUT2D eigenvalue weighted by atomic mass is 9.99. The minimum absolute atomic E-state index is 0.0214. The SMILES string of the molecule is N#Cc1ccc2c(c1)CCCN2CC(=O)N1CCC(c2ccccc2)=N1. The van der Waals surface area contributed by atoms with Gasteiger partial charge in [-0.2, -0.15) is 10.4 Å². The fraction of sp³-hybridized carbons (Fsp3) is 0.286. The van der Waals surface area contributed by atoms with Gasteiger partial charge in [-0.3, -0.25) is 4.79 Å². The number of hydrogen-bond acceptors (Lipinski definition) is 4. The number of anilines is 1. The highest BCUT2D eigenvalue weighted by atomic mass is 16.2. The lowest BCUT2D eigenvalue weighted by molar-refractivity contribution is -0.129. The average molecular weight is 344 g/mol. The highest BCUT2D eigenvalue weighted by Crippen LogP contribution is 2.28. The molecule has 0 fully saturated rings. The third-order valence-electron chi connectivity index (χ3n) is 4.95. The lowest BCUT2D eigenvalue weighted by Gasteiger charge is -2.31. The van der Waals surface area contributed by atoms with Crippen LogP contribution in [0.5, 0.6) is 0 Å². The standard InChI is InChI=1S/C21H20N4O/c22-14-16-8-9-20-18(13-16)7-4-11-24(20)15-21(26)25-12-10-19(23-25)17-5-2-1-3-6-17/h1-3,5-6,8-9,13H,4,7,10-12,15H2. The van der Waals surface area contributed by atoms with Crippen LogP contribution < -0.4 is 4.90 Å². The zero-order chi connectivity index (χ0) is 17.9. The third kappa shape index (κ3) is 3.18. The van der Waals surface area contributed by atoms with Crippen LogP contribution in [0.4, 0.5) is 5.69 Å². The van der Waals surface area contributed by atoms with Gasteiger partial charge in [0.1, 0.15) is 0 Å². The Bertz CT molecular complexity index is 898. The van der Waals surface area contributed by atoms with Gasteiger partial charge < -0.3 is 4.90 Å². The van der Waals surface area contributed by atoms with E-state index >= 15 is 0 Å². The molecule has 2 aliphatic rings. The molecular formula is C21H20N4O. The van der Waals surface area contributed by atoms with Crippen LogP contribution in [-0.4, -0.2) is 36.3 Å². The van der Waals surface area contributed by atoms with Gasteiger partial charge in [-0.25, -0.2) is 5.01 Å². The Kier molecular flexibility index (Phi) is 4.40.